The van der Waals surface area contributed by atoms with Crippen molar-refractivity contribution >= 4 is 0 Å². The minimum atomic E-state index is 0. The van der Waals surface area contributed by atoms with Gasteiger partial charge in [-0.05, 0) is 39.0 Å². The predicted molar refractivity (Wildman–Crippen MR) is 95.8 cm³/mol. The standard InChI is InChI=1S/C19H32O.CH4/c1-17(2,3)13-11-15(19(7,8)9)16(20-10)12-14(13)18(4,5)6;/h11-12H,1-10H3;1H4. The molecule has 0 fully saturated rings. The van der Waals surface area contributed by atoms with E-state index in [9.17, 15) is 0 Å². The molecular formula is C20H36O. The van der Waals surface area contributed by atoms with Gasteiger partial charge in [0.15, 0.2) is 0 Å². The van der Waals surface area contributed by atoms with Crippen LogP contribution in [0, 0.1) is 0 Å². The molecule has 0 radical (unpaired) electrons. The lowest BCUT2D eigenvalue weighted by Crippen LogP contribution is -2.24. The van der Waals surface area contributed by atoms with Crippen LogP contribution in [0.15, 0.2) is 12.1 Å². The van der Waals surface area contributed by atoms with Crippen LogP contribution in [0.4, 0.5) is 0 Å². The van der Waals surface area contributed by atoms with E-state index in [1.807, 2.05) is 0 Å². The largest absolute Gasteiger partial charge is 0.496 e. The number of ether oxygens (including phenoxy) is 1. The lowest BCUT2D eigenvalue weighted by Gasteiger charge is -2.33. The monoisotopic (exact) mass is 292 g/mol. The van der Waals surface area contributed by atoms with Gasteiger partial charge in [-0.2, -0.15) is 0 Å². The summed E-state index contributed by atoms with van der Waals surface area (Å²) >= 11 is 0. The molecule has 0 atom stereocenters. The molecule has 1 rings (SSSR count). The smallest absolute Gasteiger partial charge is 0.122 e. The molecule has 0 aromatic heterocycles. The molecule has 1 nitrogen and oxygen atoms in total. The molecule has 0 saturated carbocycles. The SMILES string of the molecule is C.COc1cc(C(C)(C)C)c(C(C)(C)C)cc1C(C)(C)C. The van der Waals surface area contributed by atoms with Gasteiger partial charge in [-0.25, -0.2) is 0 Å². The first-order valence-corrected chi connectivity index (χ1v) is 7.52. The fourth-order valence-electron chi connectivity index (χ4n) is 2.58. The Kier molecular flexibility index (Phi) is 5.74. The van der Waals surface area contributed by atoms with Gasteiger partial charge in [-0.1, -0.05) is 75.8 Å². The zero-order valence-corrected chi connectivity index (χ0v) is 15.1. The molecule has 0 amide bonds. The van der Waals surface area contributed by atoms with Crippen molar-refractivity contribution < 1.29 is 4.74 Å². The van der Waals surface area contributed by atoms with Crippen LogP contribution in [0.2, 0.25) is 0 Å². The Hall–Kier alpha value is -0.980. The van der Waals surface area contributed by atoms with E-state index >= 15 is 0 Å². The van der Waals surface area contributed by atoms with Gasteiger partial charge in [0.2, 0.25) is 0 Å². The summed E-state index contributed by atoms with van der Waals surface area (Å²) in [6.07, 6.45) is 0. The lowest BCUT2D eigenvalue weighted by atomic mass is 9.72. The maximum absolute atomic E-state index is 5.68. The highest BCUT2D eigenvalue weighted by atomic mass is 16.5. The Morgan fingerprint density at radius 2 is 0.952 bits per heavy atom. The summed E-state index contributed by atoms with van der Waals surface area (Å²) in [6.45, 7) is 20.4. The highest BCUT2D eigenvalue weighted by molar-refractivity contribution is 5.50. The highest BCUT2D eigenvalue weighted by Gasteiger charge is 2.29. The summed E-state index contributed by atoms with van der Waals surface area (Å²) in [5.41, 5.74) is 4.44. The molecular weight excluding hydrogens is 256 g/mol. The number of hydrogen-bond acceptors (Lipinski definition) is 1. The van der Waals surface area contributed by atoms with Gasteiger partial charge < -0.3 is 4.74 Å². The first-order chi connectivity index (χ1) is 8.78. The van der Waals surface area contributed by atoms with Crippen molar-refractivity contribution in [3.8, 4) is 5.75 Å². The van der Waals surface area contributed by atoms with E-state index in [0.29, 0.717) is 0 Å². The number of benzene rings is 1. The summed E-state index contributed by atoms with van der Waals surface area (Å²) in [4.78, 5) is 0. The normalized spacial score (nSPS) is 12.9. The second kappa shape index (κ2) is 6.02. The van der Waals surface area contributed by atoms with E-state index < -0.39 is 0 Å². The Labute approximate surface area is 133 Å². The molecule has 0 aliphatic carbocycles. The molecule has 1 heteroatoms. The first kappa shape index (κ1) is 20.0. The van der Waals surface area contributed by atoms with Crippen LogP contribution in [0.3, 0.4) is 0 Å². The summed E-state index contributed by atoms with van der Waals surface area (Å²) in [6, 6.07) is 4.61. The highest BCUT2D eigenvalue weighted by Crippen LogP contribution is 2.41. The fourth-order valence-corrected chi connectivity index (χ4v) is 2.58. The zero-order valence-electron chi connectivity index (χ0n) is 15.1. The molecule has 0 N–H and O–H groups in total. The number of hydrogen-bond donors (Lipinski definition) is 0. The van der Waals surface area contributed by atoms with Crippen LogP contribution in [0.5, 0.6) is 5.75 Å². The van der Waals surface area contributed by atoms with E-state index in [1.165, 1.54) is 16.7 Å². The van der Waals surface area contributed by atoms with E-state index in [0.717, 1.165) is 5.75 Å². The molecule has 21 heavy (non-hydrogen) atoms. The molecule has 122 valence electrons. The third kappa shape index (κ3) is 4.49. The lowest BCUT2D eigenvalue weighted by molar-refractivity contribution is 0.393. The molecule has 0 spiro atoms. The summed E-state index contributed by atoms with van der Waals surface area (Å²) in [5, 5.41) is 0. The van der Waals surface area contributed by atoms with Gasteiger partial charge >= 0.3 is 0 Å². The van der Waals surface area contributed by atoms with Crippen molar-refractivity contribution in [2.45, 2.75) is 86.0 Å². The van der Waals surface area contributed by atoms with Gasteiger partial charge in [-0.15, -0.1) is 0 Å². The molecule has 1 aromatic rings. The van der Waals surface area contributed by atoms with Crippen LogP contribution >= 0.6 is 0 Å². The summed E-state index contributed by atoms with van der Waals surface area (Å²) < 4.78 is 5.68. The van der Waals surface area contributed by atoms with E-state index in [2.05, 4.69) is 74.4 Å². The van der Waals surface area contributed by atoms with Crippen LogP contribution < -0.4 is 4.74 Å². The maximum Gasteiger partial charge on any atom is 0.122 e. The maximum atomic E-state index is 5.68. The minimum Gasteiger partial charge on any atom is -0.496 e. The fraction of sp³-hybridized carbons (Fsp3) is 0.700. The number of rotatable bonds is 1. The first-order valence-electron chi connectivity index (χ1n) is 7.52. The van der Waals surface area contributed by atoms with Crippen molar-refractivity contribution in [2.75, 3.05) is 7.11 Å². The molecule has 0 heterocycles. The number of methoxy groups -OCH3 is 1. The van der Waals surface area contributed by atoms with Crippen molar-refractivity contribution in [1.29, 1.82) is 0 Å². The zero-order chi connectivity index (χ0) is 15.9. The van der Waals surface area contributed by atoms with E-state index in [4.69, 9.17) is 4.74 Å². The Morgan fingerprint density at radius 1 is 0.619 bits per heavy atom. The molecule has 0 aliphatic rings. The van der Waals surface area contributed by atoms with Gasteiger partial charge in [0, 0.05) is 0 Å². The van der Waals surface area contributed by atoms with Crippen molar-refractivity contribution in [1.82, 2.24) is 0 Å². The van der Waals surface area contributed by atoms with E-state index in [-0.39, 0.29) is 23.7 Å². The quantitative estimate of drug-likeness (QED) is 0.596. The average Bonchev–Trinajstić information content (AvgIpc) is 2.23. The average molecular weight is 293 g/mol. The third-order valence-electron chi connectivity index (χ3n) is 3.76. The Balaban J connectivity index is 0.00000400. The van der Waals surface area contributed by atoms with Crippen molar-refractivity contribution in [3.63, 3.8) is 0 Å². The van der Waals surface area contributed by atoms with Crippen LogP contribution in [0.25, 0.3) is 0 Å². The topological polar surface area (TPSA) is 9.23 Å². The molecule has 0 saturated heterocycles. The van der Waals surface area contributed by atoms with Crippen LogP contribution in [-0.2, 0) is 16.2 Å². The second-order valence-electron chi connectivity index (χ2n) is 8.85. The summed E-state index contributed by atoms with van der Waals surface area (Å²) in [7, 11) is 1.77. The van der Waals surface area contributed by atoms with Gasteiger partial charge in [-0.3, -0.25) is 0 Å². The van der Waals surface area contributed by atoms with E-state index in [1.54, 1.807) is 7.11 Å². The predicted octanol–water partition coefficient (Wildman–Crippen LogP) is 6.22. The molecule has 0 bridgehead atoms. The second-order valence-corrected chi connectivity index (χ2v) is 8.85. The van der Waals surface area contributed by atoms with Crippen LogP contribution in [-0.4, -0.2) is 7.11 Å². The van der Waals surface area contributed by atoms with Crippen molar-refractivity contribution in [2.24, 2.45) is 0 Å². The van der Waals surface area contributed by atoms with Gasteiger partial charge in [0.05, 0.1) is 7.11 Å². The van der Waals surface area contributed by atoms with Gasteiger partial charge in [0.25, 0.3) is 0 Å². The minimum absolute atomic E-state index is 0. The van der Waals surface area contributed by atoms with Crippen LogP contribution in [0.1, 0.15) is 86.4 Å². The van der Waals surface area contributed by atoms with Gasteiger partial charge in [0.1, 0.15) is 5.75 Å². The molecule has 0 aliphatic heterocycles. The summed E-state index contributed by atoms with van der Waals surface area (Å²) in [5.74, 6) is 1.01. The van der Waals surface area contributed by atoms with Crippen molar-refractivity contribution in [3.05, 3.63) is 28.8 Å². The molecule has 1 aromatic carbocycles. The Morgan fingerprint density at radius 3 is 1.24 bits per heavy atom. The third-order valence-corrected chi connectivity index (χ3v) is 3.76. The Bertz CT molecular complexity index is 476. The molecule has 0 unspecified atom stereocenters.